The van der Waals surface area contributed by atoms with E-state index in [2.05, 4.69) is 40.7 Å². The first-order chi connectivity index (χ1) is 21.6. The summed E-state index contributed by atoms with van der Waals surface area (Å²) < 4.78 is 6.18. The van der Waals surface area contributed by atoms with Gasteiger partial charge in [0.1, 0.15) is 6.10 Å². The van der Waals surface area contributed by atoms with Crippen molar-refractivity contribution in [3.63, 3.8) is 0 Å². The summed E-state index contributed by atoms with van der Waals surface area (Å²) in [5, 5.41) is 51.9. The first-order valence-corrected chi connectivity index (χ1v) is 17.9. The van der Waals surface area contributed by atoms with Crippen LogP contribution >= 0.6 is 0 Å². The molecular formula is C39H58O7. The summed E-state index contributed by atoms with van der Waals surface area (Å²) in [7, 11) is 0. The molecule has 11 atom stereocenters. The number of phenols is 2. The van der Waals surface area contributed by atoms with Gasteiger partial charge in [-0.05, 0) is 128 Å². The summed E-state index contributed by atoms with van der Waals surface area (Å²) in [5.74, 6) is 0.798. The molecule has 0 amide bonds. The Kier molecular flexibility index (Phi) is 8.67. The minimum Gasteiger partial charge on any atom is -0.504 e. The zero-order valence-corrected chi connectivity index (χ0v) is 28.7. The van der Waals surface area contributed by atoms with E-state index in [1.165, 1.54) is 12.1 Å². The SMILES string of the molecule is C[C@@]12CC[C@@H]3[C@](C)(CC[C@H](OC(=O)CCc4ccc(O)c(O)c4)[C@]3(C)CO)[C@H]1CC[C@H]1C(=CC[C@@H]3[C@]1(C)CC[C@@H](O)[C@]3(C)CO)C2. The van der Waals surface area contributed by atoms with E-state index in [9.17, 15) is 30.3 Å². The number of hydrogen-bond acceptors (Lipinski definition) is 7. The number of benzene rings is 1. The summed E-state index contributed by atoms with van der Waals surface area (Å²) in [6, 6.07) is 4.61. The van der Waals surface area contributed by atoms with Crippen molar-refractivity contribution >= 4 is 5.97 Å². The molecule has 0 heterocycles. The highest BCUT2D eigenvalue weighted by atomic mass is 16.5. The van der Waals surface area contributed by atoms with Crippen LogP contribution in [0.25, 0.3) is 0 Å². The van der Waals surface area contributed by atoms with Crippen LogP contribution in [0.3, 0.4) is 0 Å². The fourth-order valence-corrected chi connectivity index (χ4v) is 12.4. The van der Waals surface area contributed by atoms with E-state index >= 15 is 0 Å². The van der Waals surface area contributed by atoms with Crippen LogP contribution in [0, 0.1) is 50.7 Å². The van der Waals surface area contributed by atoms with Crippen molar-refractivity contribution in [2.24, 2.45) is 50.7 Å². The predicted molar refractivity (Wildman–Crippen MR) is 177 cm³/mol. The van der Waals surface area contributed by atoms with Gasteiger partial charge in [-0.2, -0.15) is 0 Å². The molecule has 4 saturated carbocycles. The number of aromatic hydroxyl groups is 2. The maximum Gasteiger partial charge on any atom is 0.306 e. The van der Waals surface area contributed by atoms with Crippen molar-refractivity contribution in [2.45, 2.75) is 124 Å². The maximum atomic E-state index is 13.1. The van der Waals surface area contributed by atoms with Crippen molar-refractivity contribution in [3.05, 3.63) is 35.4 Å². The zero-order chi connectivity index (χ0) is 33.3. The molecule has 7 nitrogen and oxygen atoms in total. The predicted octanol–water partition coefficient (Wildman–Crippen LogP) is 6.68. The Morgan fingerprint density at radius 3 is 2.24 bits per heavy atom. The Morgan fingerprint density at radius 1 is 0.826 bits per heavy atom. The number of rotatable bonds is 6. The minimum absolute atomic E-state index is 0.0178. The summed E-state index contributed by atoms with van der Waals surface area (Å²) in [6.45, 7) is 11.7. The van der Waals surface area contributed by atoms with Crippen LogP contribution in [0.15, 0.2) is 29.8 Å². The van der Waals surface area contributed by atoms with Gasteiger partial charge in [0.05, 0.1) is 19.3 Å². The van der Waals surface area contributed by atoms with Crippen molar-refractivity contribution in [3.8, 4) is 11.5 Å². The van der Waals surface area contributed by atoms with Gasteiger partial charge < -0.3 is 30.3 Å². The number of aliphatic hydroxyl groups is 3. The van der Waals surface area contributed by atoms with E-state index in [1.807, 2.05) is 0 Å². The van der Waals surface area contributed by atoms with Gasteiger partial charge in [0, 0.05) is 17.3 Å². The van der Waals surface area contributed by atoms with Gasteiger partial charge in [0.2, 0.25) is 0 Å². The Bertz CT molecular complexity index is 1360. The van der Waals surface area contributed by atoms with E-state index in [1.54, 1.807) is 11.6 Å². The molecule has 5 aliphatic carbocycles. The van der Waals surface area contributed by atoms with Crippen LogP contribution in [-0.2, 0) is 16.0 Å². The lowest BCUT2D eigenvalue weighted by molar-refractivity contribution is -0.206. The van der Waals surface area contributed by atoms with Crippen molar-refractivity contribution in [1.29, 1.82) is 0 Å². The lowest BCUT2D eigenvalue weighted by Crippen LogP contribution is -2.61. The Hall–Kier alpha value is -2.09. The third-order valence-electron chi connectivity index (χ3n) is 15.0. The van der Waals surface area contributed by atoms with Crippen molar-refractivity contribution in [1.82, 2.24) is 0 Å². The van der Waals surface area contributed by atoms with E-state index < -0.39 is 16.9 Å². The van der Waals surface area contributed by atoms with Crippen LogP contribution in [0.4, 0.5) is 0 Å². The van der Waals surface area contributed by atoms with Crippen LogP contribution in [0.2, 0.25) is 0 Å². The first kappa shape index (κ1) is 33.8. The fourth-order valence-electron chi connectivity index (χ4n) is 12.4. The molecule has 0 radical (unpaired) electrons. The molecule has 1 aromatic rings. The number of allylic oxidation sites excluding steroid dienone is 2. The Morgan fingerprint density at radius 2 is 1.54 bits per heavy atom. The number of ether oxygens (including phenoxy) is 1. The summed E-state index contributed by atoms with van der Waals surface area (Å²) in [4.78, 5) is 13.1. The number of carbonyl (C=O) groups is 1. The summed E-state index contributed by atoms with van der Waals surface area (Å²) in [6.07, 6.45) is 12.1. The van der Waals surface area contributed by atoms with Gasteiger partial charge in [-0.3, -0.25) is 4.79 Å². The number of hydrogen-bond donors (Lipinski definition) is 5. The Balaban J connectivity index is 1.20. The molecule has 256 valence electrons. The molecule has 0 bridgehead atoms. The highest BCUT2D eigenvalue weighted by Gasteiger charge is 2.64. The van der Waals surface area contributed by atoms with Crippen molar-refractivity contribution < 1.29 is 35.1 Å². The molecule has 5 N–H and O–H groups in total. The molecule has 0 unspecified atom stereocenters. The highest BCUT2D eigenvalue weighted by Crippen LogP contribution is 2.70. The van der Waals surface area contributed by atoms with Crippen LogP contribution in [-0.4, -0.2) is 56.9 Å². The molecule has 7 heteroatoms. The smallest absolute Gasteiger partial charge is 0.306 e. The lowest BCUT2D eigenvalue weighted by atomic mass is 9.42. The third-order valence-corrected chi connectivity index (χ3v) is 15.0. The third kappa shape index (κ3) is 5.13. The normalized spacial score (nSPS) is 45.3. The molecule has 46 heavy (non-hydrogen) atoms. The lowest BCUT2D eigenvalue weighted by Gasteiger charge is -2.64. The van der Waals surface area contributed by atoms with Gasteiger partial charge in [-0.1, -0.05) is 52.3 Å². The molecule has 5 aliphatic rings. The molecule has 6 rings (SSSR count). The van der Waals surface area contributed by atoms with Crippen LogP contribution in [0.5, 0.6) is 11.5 Å². The van der Waals surface area contributed by atoms with Crippen LogP contribution < -0.4 is 0 Å². The zero-order valence-electron chi connectivity index (χ0n) is 28.7. The first-order valence-electron chi connectivity index (χ1n) is 17.9. The highest BCUT2D eigenvalue weighted by molar-refractivity contribution is 5.70. The standard InChI is InChI=1S/C39H58O7/c1-35-17-14-31-37(3,19-16-33(39(31,5)23-41)46-34(45)13-7-24-6-10-27(42)28(43)20-24)29(35)12-9-26-25(21-35)8-11-30-36(26,2)18-15-32(44)38(30,4)22-40/h6,8,10,20,26,29-33,40-44H,7,9,11-19,21-23H2,1-5H3/t26-,29-,30+,31+,32+,33-,35-,36+,37+,38+,39+/m0/s1. The van der Waals surface area contributed by atoms with Gasteiger partial charge in [0.15, 0.2) is 11.5 Å². The van der Waals surface area contributed by atoms with Gasteiger partial charge >= 0.3 is 5.97 Å². The second-order valence-electron chi connectivity index (χ2n) is 17.4. The molecule has 0 aromatic heterocycles. The maximum absolute atomic E-state index is 13.1. The van der Waals surface area contributed by atoms with Crippen molar-refractivity contribution in [2.75, 3.05) is 13.2 Å². The number of carbonyl (C=O) groups excluding carboxylic acids is 1. The molecule has 0 saturated heterocycles. The van der Waals surface area contributed by atoms with E-state index in [0.717, 1.165) is 69.8 Å². The largest absolute Gasteiger partial charge is 0.504 e. The van der Waals surface area contributed by atoms with Gasteiger partial charge in [0.25, 0.3) is 0 Å². The molecule has 0 spiro atoms. The second kappa shape index (κ2) is 11.8. The fraction of sp³-hybridized carbons (Fsp3) is 0.769. The number of phenolic OH excluding ortho intramolecular Hbond substituents is 2. The molecule has 1 aromatic carbocycles. The number of aryl methyl sites for hydroxylation is 1. The molecular weight excluding hydrogens is 580 g/mol. The minimum atomic E-state index is -0.529. The average molecular weight is 639 g/mol. The monoisotopic (exact) mass is 638 g/mol. The quantitative estimate of drug-likeness (QED) is 0.134. The molecule has 4 fully saturated rings. The van der Waals surface area contributed by atoms with E-state index in [-0.39, 0.29) is 71.3 Å². The van der Waals surface area contributed by atoms with Gasteiger partial charge in [-0.15, -0.1) is 0 Å². The van der Waals surface area contributed by atoms with E-state index in [4.69, 9.17) is 4.74 Å². The number of fused-ring (bicyclic) bond motifs is 6. The summed E-state index contributed by atoms with van der Waals surface area (Å²) in [5.41, 5.74) is 1.62. The number of aliphatic hydroxyl groups excluding tert-OH is 3. The molecule has 0 aliphatic heterocycles. The Labute approximate surface area is 275 Å². The topological polar surface area (TPSA) is 127 Å². The number of esters is 1. The van der Waals surface area contributed by atoms with Gasteiger partial charge in [-0.25, -0.2) is 0 Å². The van der Waals surface area contributed by atoms with Crippen LogP contribution in [0.1, 0.15) is 111 Å². The van der Waals surface area contributed by atoms with E-state index in [0.29, 0.717) is 18.3 Å². The second-order valence-corrected chi connectivity index (χ2v) is 17.4. The summed E-state index contributed by atoms with van der Waals surface area (Å²) >= 11 is 0. The average Bonchev–Trinajstić information content (AvgIpc) is 3.18.